The van der Waals surface area contributed by atoms with Crippen molar-refractivity contribution < 1.29 is 9.59 Å². The van der Waals surface area contributed by atoms with E-state index in [9.17, 15) is 9.59 Å². The van der Waals surface area contributed by atoms with Crippen LogP contribution in [0.25, 0.3) is 0 Å². The fraction of sp³-hybridized carbons (Fsp3) is 0.692. The summed E-state index contributed by atoms with van der Waals surface area (Å²) in [7, 11) is 0. The summed E-state index contributed by atoms with van der Waals surface area (Å²) in [6, 6.07) is 0.0785. The average Bonchev–Trinajstić information content (AvgIpc) is 2.16. The molecule has 17 heavy (non-hydrogen) atoms. The van der Waals surface area contributed by atoms with E-state index in [2.05, 4.69) is 9.98 Å². The fourth-order valence-corrected chi connectivity index (χ4v) is 1.44. The Balaban J connectivity index is 4.45. The molecule has 4 nitrogen and oxygen atoms in total. The molecule has 0 amide bonds. The van der Waals surface area contributed by atoms with Crippen molar-refractivity contribution in [3.8, 4) is 0 Å². The van der Waals surface area contributed by atoms with Gasteiger partial charge in [0.25, 0.3) is 0 Å². The molecule has 0 N–H and O–H groups in total. The number of Topliss-reactive ketones (excluding diaryl/α,β-unsaturated/α-hetero) is 2. The van der Waals surface area contributed by atoms with Crippen molar-refractivity contribution >= 4 is 23.0 Å². The van der Waals surface area contributed by atoms with Crippen LogP contribution in [-0.4, -0.2) is 35.1 Å². The zero-order chi connectivity index (χ0) is 13.6. The number of carbonyl (C=O) groups is 2. The van der Waals surface area contributed by atoms with Crippen molar-refractivity contribution in [1.29, 1.82) is 0 Å². The van der Waals surface area contributed by atoms with E-state index in [1.165, 1.54) is 13.8 Å². The van der Waals surface area contributed by atoms with Crippen molar-refractivity contribution in [1.82, 2.24) is 0 Å². The summed E-state index contributed by atoms with van der Waals surface area (Å²) in [5.41, 5.74) is 1.08. The average molecular weight is 238 g/mol. The van der Waals surface area contributed by atoms with Crippen LogP contribution in [0.1, 0.15) is 48.0 Å². The predicted molar refractivity (Wildman–Crippen MR) is 71.1 cm³/mol. The summed E-state index contributed by atoms with van der Waals surface area (Å²) in [5.74, 6) is -0.0131. The van der Waals surface area contributed by atoms with Crippen LogP contribution in [0.5, 0.6) is 0 Å². The van der Waals surface area contributed by atoms with Crippen LogP contribution in [0.3, 0.4) is 0 Å². The molecule has 0 aliphatic rings. The highest BCUT2D eigenvalue weighted by Gasteiger charge is 2.09. The maximum atomic E-state index is 11.0. The molecule has 0 aliphatic carbocycles. The molecule has 0 rings (SSSR count). The number of carbonyl (C=O) groups excluding carboxylic acids is 2. The van der Waals surface area contributed by atoms with Gasteiger partial charge in [0.1, 0.15) is 0 Å². The Morgan fingerprint density at radius 2 is 1.12 bits per heavy atom. The Bertz CT molecular complexity index is 322. The van der Waals surface area contributed by atoms with Gasteiger partial charge >= 0.3 is 0 Å². The van der Waals surface area contributed by atoms with Gasteiger partial charge in [0, 0.05) is 25.9 Å². The Hall–Kier alpha value is -1.32. The molecule has 0 spiro atoms. The highest BCUT2D eigenvalue weighted by atomic mass is 16.1. The van der Waals surface area contributed by atoms with Crippen LogP contribution in [-0.2, 0) is 9.59 Å². The van der Waals surface area contributed by atoms with Crippen LogP contribution in [0.4, 0.5) is 0 Å². The molecule has 2 atom stereocenters. The minimum absolute atomic E-state index is 0.00655. The molecule has 0 fully saturated rings. The summed E-state index contributed by atoms with van der Waals surface area (Å²) in [6.45, 7) is 10.3. The lowest BCUT2D eigenvalue weighted by Crippen LogP contribution is -2.16. The van der Waals surface area contributed by atoms with Crippen LogP contribution in [0.2, 0.25) is 0 Å². The third kappa shape index (κ3) is 6.76. The Kier molecular flexibility index (Phi) is 6.54. The fourth-order valence-electron chi connectivity index (χ4n) is 1.44. The molecule has 0 aromatic carbocycles. The number of rotatable bonds is 6. The summed E-state index contributed by atoms with van der Waals surface area (Å²) in [4.78, 5) is 30.6. The van der Waals surface area contributed by atoms with Gasteiger partial charge in [-0.05, 0) is 34.1 Å². The second-order valence-electron chi connectivity index (χ2n) is 4.48. The van der Waals surface area contributed by atoms with E-state index < -0.39 is 0 Å². The van der Waals surface area contributed by atoms with E-state index in [-0.39, 0.29) is 23.7 Å². The van der Waals surface area contributed by atoms with Gasteiger partial charge in [-0.3, -0.25) is 19.6 Å². The van der Waals surface area contributed by atoms with Crippen molar-refractivity contribution in [2.45, 2.75) is 60.0 Å². The van der Waals surface area contributed by atoms with Crippen LogP contribution < -0.4 is 0 Å². The summed E-state index contributed by atoms with van der Waals surface area (Å²) in [6.07, 6.45) is 0.731. The van der Waals surface area contributed by atoms with Gasteiger partial charge in [0.15, 0.2) is 11.6 Å². The molecule has 0 saturated heterocycles. The van der Waals surface area contributed by atoms with E-state index in [0.717, 1.165) is 6.42 Å². The number of ketones is 2. The van der Waals surface area contributed by atoms with Gasteiger partial charge in [-0.25, -0.2) is 0 Å². The van der Waals surface area contributed by atoms with Crippen LogP contribution in [0, 0.1) is 0 Å². The largest absolute Gasteiger partial charge is 0.293 e. The number of hydrogen-bond acceptors (Lipinski definition) is 4. The van der Waals surface area contributed by atoms with Crippen LogP contribution >= 0.6 is 0 Å². The molecule has 0 heterocycles. The maximum Gasteiger partial charge on any atom is 0.173 e. The molecule has 0 bridgehead atoms. The highest BCUT2D eigenvalue weighted by Crippen LogP contribution is 2.06. The molecule has 96 valence electrons. The third-order valence-corrected chi connectivity index (χ3v) is 2.53. The molecule has 0 aromatic rings. The summed E-state index contributed by atoms with van der Waals surface area (Å²) in [5, 5.41) is 0. The van der Waals surface area contributed by atoms with E-state index in [4.69, 9.17) is 0 Å². The highest BCUT2D eigenvalue weighted by molar-refractivity contribution is 6.38. The molecule has 2 unspecified atom stereocenters. The maximum absolute atomic E-state index is 11.0. The second kappa shape index (κ2) is 7.09. The molecule has 0 aliphatic heterocycles. The van der Waals surface area contributed by atoms with Gasteiger partial charge in [0.2, 0.25) is 0 Å². The number of nitrogens with zero attached hydrogens (tertiary/aromatic N) is 2. The first kappa shape index (κ1) is 15.7. The van der Waals surface area contributed by atoms with Crippen molar-refractivity contribution in [2.24, 2.45) is 9.98 Å². The quantitative estimate of drug-likeness (QED) is 0.666. The SMILES string of the molecule is CC(=O)C(C)=NC(C)CC(C)N=C(C)C(C)=O. The Labute approximate surface area is 103 Å². The third-order valence-electron chi connectivity index (χ3n) is 2.53. The van der Waals surface area contributed by atoms with E-state index in [1.54, 1.807) is 13.8 Å². The predicted octanol–water partition coefficient (Wildman–Crippen LogP) is 2.25. The second-order valence-corrected chi connectivity index (χ2v) is 4.48. The number of hydrogen-bond donors (Lipinski definition) is 0. The zero-order valence-corrected chi connectivity index (χ0v) is 11.6. The van der Waals surface area contributed by atoms with Crippen molar-refractivity contribution in [2.75, 3.05) is 0 Å². The minimum atomic E-state index is -0.00655. The topological polar surface area (TPSA) is 58.9 Å². The van der Waals surface area contributed by atoms with Gasteiger partial charge in [-0.2, -0.15) is 0 Å². The first-order chi connectivity index (χ1) is 7.73. The van der Waals surface area contributed by atoms with E-state index in [0.29, 0.717) is 11.4 Å². The molecular formula is C13H22N2O2. The van der Waals surface area contributed by atoms with Crippen molar-refractivity contribution in [3.05, 3.63) is 0 Å². The van der Waals surface area contributed by atoms with Crippen molar-refractivity contribution in [3.63, 3.8) is 0 Å². The lowest BCUT2D eigenvalue weighted by atomic mass is 10.1. The molecule has 0 radical (unpaired) electrons. The van der Waals surface area contributed by atoms with E-state index in [1.807, 2.05) is 13.8 Å². The lowest BCUT2D eigenvalue weighted by molar-refractivity contribution is -0.111. The van der Waals surface area contributed by atoms with Gasteiger partial charge in [-0.1, -0.05) is 0 Å². The number of aliphatic imine (C=N–C) groups is 2. The Morgan fingerprint density at radius 1 is 0.824 bits per heavy atom. The lowest BCUT2D eigenvalue weighted by Gasteiger charge is -2.11. The molecular weight excluding hydrogens is 216 g/mol. The first-order valence-electron chi connectivity index (χ1n) is 5.84. The Morgan fingerprint density at radius 3 is 1.35 bits per heavy atom. The standard InChI is InChI=1S/C13H22N2O2/c1-8(14-10(3)12(5)16)7-9(2)15-11(4)13(6)17/h8-9H,7H2,1-6H3. The zero-order valence-electron chi connectivity index (χ0n) is 11.6. The van der Waals surface area contributed by atoms with Crippen LogP contribution in [0.15, 0.2) is 9.98 Å². The molecule has 0 saturated carbocycles. The first-order valence-corrected chi connectivity index (χ1v) is 5.84. The van der Waals surface area contributed by atoms with Gasteiger partial charge in [0.05, 0.1) is 11.4 Å². The molecule has 0 aromatic heterocycles. The van der Waals surface area contributed by atoms with Gasteiger partial charge < -0.3 is 0 Å². The summed E-state index contributed by atoms with van der Waals surface area (Å²) < 4.78 is 0. The monoisotopic (exact) mass is 238 g/mol. The smallest absolute Gasteiger partial charge is 0.173 e. The minimum Gasteiger partial charge on any atom is -0.293 e. The van der Waals surface area contributed by atoms with E-state index >= 15 is 0 Å². The van der Waals surface area contributed by atoms with Gasteiger partial charge in [-0.15, -0.1) is 0 Å². The normalized spacial score (nSPS) is 16.6. The molecule has 4 heteroatoms. The summed E-state index contributed by atoms with van der Waals surface area (Å²) >= 11 is 0.